The first kappa shape index (κ1) is 18.2. The Morgan fingerprint density at radius 1 is 1.10 bits per heavy atom. The molecule has 20 heavy (non-hydrogen) atoms. The van der Waals surface area contributed by atoms with E-state index in [1.807, 2.05) is 6.92 Å². The minimum atomic E-state index is -3.26. The van der Waals surface area contributed by atoms with E-state index < -0.39 is 10.2 Å². The predicted octanol–water partition coefficient (Wildman–Crippen LogP) is 1.44. The lowest BCUT2D eigenvalue weighted by Crippen LogP contribution is -2.51. The van der Waals surface area contributed by atoms with Gasteiger partial charge in [0.1, 0.15) is 0 Å². The summed E-state index contributed by atoms with van der Waals surface area (Å²) in [5, 5.41) is 0. The Morgan fingerprint density at radius 3 is 2.25 bits per heavy atom. The first-order valence-electron chi connectivity index (χ1n) is 7.42. The van der Waals surface area contributed by atoms with Crippen molar-refractivity contribution in [1.82, 2.24) is 8.61 Å². The van der Waals surface area contributed by atoms with Crippen molar-refractivity contribution in [3.8, 4) is 0 Å². The first-order valence-corrected chi connectivity index (χ1v) is 8.81. The summed E-state index contributed by atoms with van der Waals surface area (Å²) in [4.78, 5) is 0. The molecule has 120 valence electrons. The summed E-state index contributed by atoms with van der Waals surface area (Å²) in [7, 11) is -3.26. The Balaban J connectivity index is 0.00000200. The molecular formula is C13H28ClN3O2S. The smallest absolute Gasteiger partial charge is 0.281 e. The molecule has 2 fully saturated rings. The standard InChI is InChI=1S/C13H27N3O2S.ClH/c1-11-5-8-15(9-6-11)19(17,18)16-7-3-4-13(10-16)12(2)14;/h11-13H,3-10,14H2,1-2H3;1H. The van der Waals surface area contributed by atoms with Gasteiger partial charge in [-0.2, -0.15) is 17.0 Å². The highest BCUT2D eigenvalue weighted by Gasteiger charge is 2.35. The van der Waals surface area contributed by atoms with E-state index >= 15 is 0 Å². The molecule has 2 atom stereocenters. The maximum Gasteiger partial charge on any atom is 0.281 e. The Bertz CT molecular complexity index is 394. The van der Waals surface area contributed by atoms with Crippen molar-refractivity contribution in [3.63, 3.8) is 0 Å². The van der Waals surface area contributed by atoms with E-state index in [0.717, 1.165) is 25.7 Å². The van der Waals surface area contributed by atoms with Gasteiger partial charge in [-0.15, -0.1) is 12.4 Å². The summed E-state index contributed by atoms with van der Waals surface area (Å²) < 4.78 is 28.6. The summed E-state index contributed by atoms with van der Waals surface area (Å²) in [5.41, 5.74) is 5.93. The Labute approximate surface area is 129 Å². The molecule has 0 saturated carbocycles. The van der Waals surface area contributed by atoms with Crippen LogP contribution in [0.3, 0.4) is 0 Å². The zero-order chi connectivity index (χ0) is 14.0. The third-order valence-corrected chi connectivity index (χ3v) is 6.56. The van der Waals surface area contributed by atoms with Gasteiger partial charge in [0.05, 0.1) is 0 Å². The van der Waals surface area contributed by atoms with E-state index in [1.54, 1.807) is 8.61 Å². The fraction of sp³-hybridized carbons (Fsp3) is 1.00. The van der Waals surface area contributed by atoms with E-state index in [9.17, 15) is 8.42 Å². The second-order valence-electron chi connectivity index (χ2n) is 6.21. The third-order valence-electron chi connectivity index (χ3n) is 4.56. The van der Waals surface area contributed by atoms with Crippen LogP contribution in [0.15, 0.2) is 0 Å². The number of hydrogen-bond acceptors (Lipinski definition) is 3. The molecule has 0 amide bonds. The summed E-state index contributed by atoms with van der Waals surface area (Å²) >= 11 is 0. The van der Waals surface area contributed by atoms with Gasteiger partial charge in [-0.25, -0.2) is 0 Å². The molecule has 0 aliphatic carbocycles. The molecular weight excluding hydrogens is 298 g/mol. The van der Waals surface area contributed by atoms with Gasteiger partial charge in [-0.1, -0.05) is 6.92 Å². The van der Waals surface area contributed by atoms with Gasteiger partial charge in [-0.3, -0.25) is 0 Å². The van der Waals surface area contributed by atoms with Crippen LogP contribution < -0.4 is 5.73 Å². The van der Waals surface area contributed by atoms with Crippen LogP contribution in [0.25, 0.3) is 0 Å². The van der Waals surface area contributed by atoms with Crippen LogP contribution in [0, 0.1) is 11.8 Å². The number of nitrogens with zero attached hydrogens (tertiary/aromatic N) is 2. The maximum atomic E-state index is 12.6. The summed E-state index contributed by atoms with van der Waals surface area (Å²) in [6.07, 6.45) is 3.92. The quantitative estimate of drug-likeness (QED) is 0.854. The van der Waals surface area contributed by atoms with E-state index in [1.165, 1.54) is 0 Å². The molecule has 2 heterocycles. The number of nitrogens with two attached hydrogens (primary N) is 1. The summed E-state index contributed by atoms with van der Waals surface area (Å²) in [6.45, 7) is 6.75. The molecule has 0 aromatic rings. The molecule has 7 heteroatoms. The predicted molar refractivity (Wildman–Crippen MR) is 84.1 cm³/mol. The van der Waals surface area contributed by atoms with E-state index in [0.29, 0.717) is 38.0 Å². The van der Waals surface area contributed by atoms with Crippen molar-refractivity contribution in [1.29, 1.82) is 0 Å². The van der Waals surface area contributed by atoms with Crippen LogP contribution in [0.2, 0.25) is 0 Å². The van der Waals surface area contributed by atoms with Crippen molar-refractivity contribution in [3.05, 3.63) is 0 Å². The number of hydrogen-bond donors (Lipinski definition) is 1. The van der Waals surface area contributed by atoms with E-state index in [-0.39, 0.29) is 18.4 Å². The molecule has 5 nitrogen and oxygen atoms in total. The number of piperidine rings is 2. The van der Waals surface area contributed by atoms with Crippen molar-refractivity contribution < 1.29 is 8.42 Å². The fourth-order valence-electron chi connectivity index (χ4n) is 2.99. The second kappa shape index (κ2) is 7.40. The normalized spacial score (nSPS) is 28.9. The highest BCUT2D eigenvalue weighted by Crippen LogP contribution is 2.25. The molecule has 0 spiro atoms. The molecule has 2 unspecified atom stereocenters. The monoisotopic (exact) mass is 325 g/mol. The maximum absolute atomic E-state index is 12.6. The molecule has 2 aliphatic heterocycles. The van der Waals surface area contributed by atoms with Gasteiger partial charge < -0.3 is 5.73 Å². The topological polar surface area (TPSA) is 66.6 Å². The van der Waals surface area contributed by atoms with Crippen molar-refractivity contribution in [2.45, 2.75) is 45.6 Å². The number of rotatable bonds is 3. The van der Waals surface area contributed by atoms with Crippen molar-refractivity contribution in [2.75, 3.05) is 26.2 Å². The van der Waals surface area contributed by atoms with Gasteiger partial charge in [0.2, 0.25) is 0 Å². The van der Waals surface area contributed by atoms with Gasteiger partial charge in [0.25, 0.3) is 10.2 Å². The van der Waals surface area contributed by atoms with Crippen molar-refractivity contribution in [2.24, 2.45) is 17.6 Å². The molecule has 0 aromatic carbocycles. The van der Waals surface area contributed by atoms with Crippen LogP contribution in [-0.2, 0) is 10.2 Å². The lowest BCUT2D eigenvalue weighted by atomic mass is 9.93. The van der Waals surface area contributed by atoms with Crippen molar-refractivity contribution >= 4 is 22.6 Å². The fourth-order valence-corrected chi connectivity index (χ4v) is 4.73. The average Bonchev–Trinajstić information content (AvgIpc) is 2.39. The molecule has 2 N–H and O–H groups in total. The largest absolute Gasteiger partial charge is 0.328 e. The lowest BCUT2D eigenvalue weighted by Gasteiger charge is -2.38. The molecule has 0 bridgehead atoms. The Morgan fingerprint density at radius 2 is 1.70 bits per heavy atom. The van der Waals surface area contributed by atoms with E-state index in [4.69, 9.17) is 5.73 Å². The molecule has 2 rings (SSSR count). The highest BCUT2D eigenvalue weighted by atomic mass is 35.5. The van der Waals surface area contributed by atoms with Gasteiger partial charge in [0.15, 0.2) is 0 Å². The second-order valence-corrected chi connectivity index (χ2v) is 8.14. The zero-order valence-corrected chi connectivity index (χ0v) is 14.1. The number of halogens is 1. The minimum absolute atomic E-state index is 0. The van der Waals surface area contributed by atoms with Crippen LogP contribution in [0.4, 0.5) is 0 Å². The summed E-state index contributed by atoms with van der Waals surface area (Å²) in [6, 6.07) is 0.0689. The molecule has 2 aliphatic rings. The zero-order valence-electron chi connectivity index (χ0n) is 12.5. The third kappa shape index (κ3) is 4.07. The van der Waals surface area contributed by atoms with Crippen LogP contribution in [-0.4, -0.2) is 49.2 Å². The van der Waals surface area contributed by atoms with Crippen LogP contribution in [0.1, 0.15) is 39.5 Å². The molecule has 2 saturated heterocycles. The lowest BCUT2D eigenvalue weighted by molar-refractivity contribution is 0.214. The highest BCUT2D eigenvalue weighted by molar-refractivity contribution is 7.86. The summed E-state index contributed by atoms with van der Waals surface area (Å²) in [5.74, 6) is 0.942. The Hall–Kier alpha value is 0.120. The van der Waals surface area contributed by atoms with Gasteiger partial charge in [-0.05, 0) is 44.4 Å². The first-order chi connectivity index (χ1) is 8.91. The van der Waals surface area contributed by atoms with Gasteiger partial charge in [0, 0.05) is 32.2 Å². The molecule has 0 aromatic heterocycles. The Kier molecular flexibility index (Phi) is 6.73. The van der Waals surface area contributed by atoms with E-state index in [2.05, 4.69) is 6.92 Å². The SMILES string of the molecule is CC1CCN(S(=O)(=O)N2CCCC(C(C)N)C2)CC1.Cl. The van der Waals surface area contributed by atoms with Crippen LogP contribution in [0.5, 0.6) is 0 Å². The van der Waals surface area contributed by atoms with Crippen LogP contribution >= 0.6 is 12.4 Å². The van der Waals surface area contributed by atoms with Gasteiger partial charge >= 0.3 is 0 Å². The molecule has 0 radical (unpaired) electrons. The average molecular weight is 326 g/mol. The minimum Gasteiger partial charge on any atom is -0.328 e.